The number of hydrogen-bond donors (Lipinski definition) is 0. The zero-order valence-corrected chi connectivity index (χ0v) is 13.8. The van der Waals surface area contributed by atoms with Crippen LogP contribution in [0.3, 0.4) is 0 Å². The van der Waals surface area contributed by atoms with Gasteiger partial charge < -0.3 is 14.2 Å². The molecular formula is C19H20O5. The van der Waals surface area contributed by atoms with Gasteiger partial charge in [-0.2, -0.15) is 0 Å². The Hall–Kier alpha value is -2.82. The summed E-state index contributed by atoms with van der Waals surface area (Å²) < 4.78 is 15.4. The van der Waals surface area contributed by atoms with E-state index < -0.39 is 11.9 Å². The van der Waals surface area contributed by atoms with E-state index in [9.17, 15) is 9.59 Å². The molecule has 0 saturated carbocycles. The van der Waals surface area contributed by atoms with Crippen molar-refractivity contribution < 1.29 is 23.8 Å². The van der Waals surface area contributed by atoms with Gasteiger partial charge in [-0.05, 0) is 42.3 Å². The number of hydrogen-bond acceptors (Lipinski definition) is 5. The van der Waals surface area contributed by atoms with Crippen LogP contribution in [0.25, 0.3) is 0 Å². The Labute approximate surface area is 141 Å². The summed E-state index contributed by atoms with van der Waals surface area (Å²) in [7, 11) is 1.59. The van der Waals surface area contributed by atoms with Gasteiger partial charge in [0.1, 0.15) is 11.5 Å². The molecule has 0 aliphatic carbocycles. The highest BCUT2D eigenvalue weighted by atomic mass is 16.5. The van der Waals surface area contributed by atoms with Gasteiger partial charge in [-0.1, -0.05) is 25.1 Å². The second kappa shape index (κ2) is 8.72. The van der Waals surface area contributed by atoms with E-state index in [0.717, 1.165) is 17.7 Å². The lowest BCUT2D eigenvalue weighted by atomic mass is 10.1. The molecule has 0 N–H and O–H groups in total. The van der Waals surface area contributed by atoms with E-state index in [1.165, 1.54) is 6.07 Å². The molecule has 0 unspecified atom stereocenters. The molecular weight excluding hydrogens is 308 g/mol. The van der Waals surface area contributed by atoms with Crippen molar-refractivity contribution in [2.24, 2.45) is 0 Å². The zero-order valence-electron chi connectivity index (χ0n) is 13.8. The van der Waals surface area contributed by atoms with Gasteiger partial charge >= 0.3 is 11.9 Å². The van der Waals surface area contributed by atoms with Crippen molar-refractivity contribution in [1.82, 2.24) is 0 Å². The van der Waals surface area contributed by atoms with E-state index in [-0.39, 0.29) is 6.42 Å². The van der Waals surface area contributed by atoms with Crippen LogP contribution in [0.1, 0.15) is 29.3 Å². The predicted octanol–water partition coefficient (Wildman–Crippen LogP) is 3.41. The minimum Gasteiger partial charge on any atom is -0.497 e. The average Bonchev–Trinajstić information content (AvgIpc) is 2.60. The Balaban J connectivity index is 1.96. The minimum atomic E-state index is -0.426. The summed E-state index contributed by atoms with van der Waals surface area (Å²) in [5, 5.41) is 0. The van der Waals surface area contributed by atoms with Gasteiger partial charge in [0.15, 0.2) is 0 Å². The molecule has 2 aromatic carbocycles. The molecule has 5 nitrogen and oxygen atoms in total. The summed E-state index contributed by atoms with van der Waals surface area (Å²) in [5.74, 6) is 0.217. The quantitative estimate of drug-likeness (QED) is 0.576. The van der Waals surface area contributed by atoms with Crippen molar-refractivity contribution >= 4 is 11.9 Å². The summed E-state index contributed by atoms with van der Waals surface area (Å²) in [4.78, 5) is 23.8. The van der Waals surface area contributed by atoms with Crippen molar-refractivity contribution in [1.29, 1.82) is 0 Å². The van der Waals surface area contributed by atoms with Crippen LogP contribution in [0.15, 0.2) is 48.5 Å². The fourth-order valence-corrected chi connectivity index (χ4v) is 2.04. The smallest absolute Gasteiger partial charge is 0.338 e. The van der Waals surface area contributed by atoms with Gasteiger partial charge in [0.2, 0.25) is 0 Å². The molecule has 0 bridgehead atoms. The van der Waals surface area contributed by atoms with Crippen LogP contribution in [0.2, 0.25) is 0 Å². The van der Waals surface area contributed by atoms with E-state index in [1.807, 2.05) is 6.92 Å². The van der Waals surface area contributed by atoms with Crippen LogP contribution in [-0.2, 0) is 16.0 Å². The van der Waals surface area contributed by atoms with Crippen LogP contribution in [0.5, 0.6) is 11.5 Å². The lowest BCUT2D eigenvalue weighted by Crippen LogP contribution is -2.12. The number of ether oxygens (including phenoxy) is 3. The first-order valence-corrected chi connectivity index (χ1v) is 7.73. The third kappa shape index (κ3) is 5.12. The molecule has 0 amide bonds. The van der Waals surface area contributed by atoms with E-state index in [4.69, 9.17) is 14.2 Å². The molecule has 24 heavy (non-hydrogen) atoms. The largest absolute Gasteiger partial charge is 0.497 e. The van der Waals surface area contributed by atoms with E-state index in [1.54, 1.807) is 49.6 Å². The highest BCUT2D eigenvalue weighted by Gasteiger charge is 2.11. The van der Waals surface area contributed by atoms with Crippen LogP contribution in [-0.4, -0.2) is 25.7 Å². The lowest BCUT2D eigenvalue weighted by molar-refractivity contribution is -0.133. The van der Waals surface area contributed by atoms with Crippen LogP contribution < -0.4 is 9.47 Å². The number of rotatable bonds is 7. The number of carbonyl (C=O) groups excluding carboxylic acids is 2. The maximum Gasteiger partial charge on any atom is 0.338 e. The first-order chi connectivity index (χ1) is 11.6. The maximum atomic E-state index is 12.0. The number of esters is 2. The summed E-state index contributed by atoms with van der Waals surface area (Å²) in [6.45, 7) is 2.28. The van der Waals surface area contributed by atoms with E-state index in [2.05, 4.69) is 0 Å². The van der Waals surface area contributed by atoms with Crippen molar-refractivity contribution in [2.75, 3.05) is 13.7 Å². The molecule has 5 heteroatoms. The number of benzene rings is 2. The first kappa shape index (κ1) is 17.5. The molecule has 126 valence electrons. The number of methoxy groups -OCH3 is 1. The van der Waals surface area contributed by atoms with Gasteiger partial charge in [-0.15, -0.1) is 0 Å². The Kier molecular flexibility index (Phi) is 6.37. The molecule has 0 aliphatic heterocycles. The van der Waals surface area contributed by atoms with Crippen LogP contribution in [0, 0.1) is 0 Å². The molecule has 0 aromatic heterocycles. The van der Waals surface area contributed by atoms with Crippen molar-refractivity contribution in [2.45, 2.75) is 19.8 Å². The lowest BCUT2D eigenvalue weighted by Gasteiger charge is -2.07. The Morgan fingerprint density at radius 1 is 1.00 bits per heavy atom. The second-order valence-corrected chi connectivity index (χ2v) is 5.16. The van der Waals surface area contributed by atoms with E-state index in [0.29, 0.717) is 17.9 Å². The molecule has 0 spiro atoms. The highest BCUT2D eigenvalue weighted by molar-refractivity contribution is 5.90. The molecule has 2 aromatic rings. The maximum absolute atomic E-state index is 12.0. The predicted molar refractivity (Wildman–Crippen MR) is 89.3 cm³/mol. The minimum absolute atomic E-state index is 0.133. The summed E-state index contributed by atoms with van der Waals surface area (Å²) in [6, 6.07) is 13.6. The standard InChI is InChI=1S/C19H20O5/c1-3-11-23-19(21)15-5-4-6-17(13-15)24-18(20)12-14-7-9-16(22-2)10-8-14/h4-10,13H,3,11-12H2,1-2H3. The monoisotopic (exact) mass is 328 g/mol. The topological polar surface area (TPSA) is 61.8 Å². The first-order valence-electron chi connectivity index (χ1n) is 7.73. The third-order valence-corrected chi connectivity index (χ3v) is 3.25. The normalized spacial score (nSPS) is 10.1. The Morgan fingerprint density at radius 2 is 1.75 bits per heavy atom. The van der Waals surface area contributed by atoms with Gasteiger partial charge in [0, 0.05) is 0 Å². The highest BCUT2D eigenvalue weighted by Crippen LogP contribution is 2.16. The molecule has 0 saturated heterocycles. The van der Waals surface area contributed by atoms with Crippen LogP contribution >= 0.6 is 0 Å². The molecule has 0 heterocycles. The third-order valence-electron chi connectivity index (χ3n) is 3.25. The fourth-order valence-electron chi connectivity index (χ4n) is 2.04. The second-order valence-electron chi connectivity index (χ2n) is 5.16. The average molecular weight is 328 g/mol. The fraction of sp³-hybridized carbons (Fsp3) is 0.263. The number of carbonyl (C=O) groups is 2. The summed E-state index contributed by atoms with van der Waals surface area (Å²) >= 11 is 0. The molecule has 0 fully saturated rings. The van der Waals surface area contributed by atoms with Crippen LogP contribution in [0.4, 0.5) is 0 Å². The van der Waals surface area contributed by atoms with Crippen molar-refractivity contribution in [3.8, 4) is 11.5 Å². The Bertz CT molecular complexity index is 691. The van der Waals surface area contributed by atoms with Gasteiger partial charge in [-0.3, -0.25) is 4.79 Å². The van der Waals surface area contributed by atoms with Crippen molar-refractivity contribution in [3.63, 3.8) is 0 Å². The summed E-state index contributed by atoms with van der Waals surface area (Å²) in [6.07, 6.45) is 0.886. The Morgan fingerprint density at radius 3 is 2.42 bits per heavy atom. The van der Waals surface area contributed by atoms with Crippen molar-refractivity contribution in [3.05, 3.63) is 59.7 Å². The SMILES string of the molecule is CCCOC(=O)c1cccc(OC(=O)Cc2ccc(OC)cc2)c1. The zero-order chi connectivity index (χ0) is 17.4. The van der Waals surface area contributed by atoms with Gasteiger partial charge in [-0.25, -0.2) is 4.79 Å². The molecule has 0 atom stereocenters. The van der Waals surface area contributed by atoms with Gasteiger partial charge in [0.25, 0.3) is 0 Å². The molecule has 0 aliphatic rings. The molecule has 2 rings (SSSR count). The summed E-state index contributed by atoms with van der Waals surface area (Å²) in [5.41, 5.74) is 1.18. The van der Waals surface area contributed by atoms with Gasteiger partial charge in [0.05, 0.1) is 25.7 Å². The van der Waals surface area contributed by atoms with E-state index >= 15 is 0 Å². The molecule has 0 radical (unpaired) electrons.